The van der Waals surface area contributed by atoms with Crippen LogP contribution in [0.4, 0.5) is 5.69 Å². The van der Waals surface area contributed by atoms with Crippen LogP contribution in [0.15, 0.2) is 42.5 Å². The highest BCUT2D eigenvalue weighted by molar-refractivity contribution is 6.32. The Morgan fingerprint density at radius 3 is 1.93 bits per heavy atom. The molecule has 0 radical (unpaired) electrons. The number of halogens is 1. The predicted molar refractivity (Wildman–Crippen MR) is 150 cm³/mol. The normalized spacial score (nSPS) is 16.1. The van der Waals surface area contributed by atoms with Crippen LogP contribution in [0.25, 0.3) is 0 Å². The molecule has 0 unspecified atom stereocenters. The number of carbonyl (C=O) groups excluding carboxylic acids is 2. The van der Waals surface area contributed by atoms with Crippen LogP contribution in [0.5, 0.6) is 34.5 Å². The third kappa shape index (κ3) is 5.02. The van der Waals surface area contributed by atoms with Gasteiger partial charge in [0.1, 0.15) is 11.5 Å². The molecule has 0 saturated carbocycles. The molecule has 3 aromatic rings. The fraction of sp³-hybridized carbons (Fsp3) is 0.310. The van der Waals surface area contributed by atoms with Gasteiger partial charge >= 0.3 is 0 Å². The zero-order valence-electron chi connectivity index (χ0n) is 23.3. The van der Waals surface area contributed by atoms with Crippen LogP contribution in [0.1, 0.15) is 33.4 Å². The average Bonchev–Trinajstić information content (AvgIpc) is 2.97. The minimum Gasteiger partial charge on any atom is -0.495 e. The molecule has 40 heavy (non-hydrogen) atoms. The molecule has 0 aliphatic carbocycles. The predicted octanol–water partition coefficient (Wildman–Crippen LogP) is 4.94. The smallest absolute Gasteiger partial charge is 0.254 e. The number of benzene rings is 3. The molecule has 212 valence electrons. The van der Waals surface area contributed by atoms with Gasteiger partial charge in [0, 0.05) is 18.7 Å². The molecule has 2 atom stereocenters. The molecule has 11 heteroatoms. The van der Waals surface area contributed by atoms with Crippen LogP contribution in [-0.4, -0.2) is 66.4 Å². The lowest BCUT2D eigenvalue weighted by atomic mass is 9.79. The Balaban J connectivity index is 1.91. The van der Waals surface area contributed by atoms with Crippen molar-refractivity contribution in [3.8, 4) is 34.5 Å². The third-order valence-electron chi connectivity index (χ3n) is 6.94. The van der Waals surface area contributed by atoms with E-state index in [-0.39, 0.29) is 10.9 Å². The molecule has 0 fully saturated rings. The Morgan fingerprint density at radius 2 is 1.32 bits per heavy atom. The summed E-state index contributed by atoms with van der Waals surface area (Å²) in [6.45, 7) is 0. The Hall–Kier alpha value is -4.31. The number of likely N-dealkylation sites (N-methyl/N-ethyl adjacent to an activating group) is 1. The van der Waals surface area contributed by atoms with Gasteiger partial charge in [-0.15, -0.1) is 0 Å². The van der Waals surface area contributed by atoms with Crippen LogP contribution in [-0.2, 0) is 4.79 Å². The Morgan fingerprint density at radius 1 is 0.750 bits per heavy atom. The van der Waals surface area contributed by atoms with Crippen LogP contribution in [0, 0.1) is 0 Å². The van der Waals surface area contributed by atoms with Gasteiger partial charge in [0.25, 0.3) is 5.91 Å². The highest BCUT2D eigenvalue weighted by Crippen LogP contribution is 2.47. The molecule has 4 rings (SSSR count). The van der Waals surface area contributed by atoms with Crippen LogP contribution in [0.2, 0.25) is 5.02 Å². The maximum Gasteiger partial charge on any atom is 0.254 e. The monoisotopic (exact) mass is 570 g/mol. The maximum atomic E-state index is 14.2. The van der Waals surface area contributed by atoms with Crippen molar-refractivity contribution < 1.29 is 38.0 Å². The van der Waals surface area contributed by atoms with E-state index in [1.807, 2.05) is 0 Å². The number of amides is 2. The minimum absolute atomic E-state index is 0.287. The first kappa shape index (κ1) is 28.7. The van der Waals surface area contributed by atoms with Gasteiger partial charge in [-0.3, -0.25) is 9.59 Å². The molecule has 10 nitrogen and oxygen atoms in total. The number of nitrogens with one attached hydrogen (secondary N) is 1. The van der Waals surface area contributed by atoms with Gasteiger partial charge in [-0.25, -0.2) is 0 Å². The fourth-order valence-electron chi connectivity index (χ4n) is 4.95. The van der Waals surface area contributed by atoms with Crippen molar-refractivity contribution >= 4 is 29.1 Å². The molecule has 1 heterocycles. The summed E-state index contributed by atoms with van der Waals surface area (Å²) in [5, 5.41) is 3.24. The van der Waals surface area contributed by atoms with Gasteiger partial charge in [0.05, 0.1) is 65.3 Å². The summed E-state index contributed by atoms with van der Waals surface area (Å²) >= 11 is 6.37. The number of carbonyl (C=O) groups is 2. The molecule has 0 spiro atoms. The van der Waals surface area contributed by atoms with Crippen molar-refractivity contribution in [1.29, 1.82) is 0 Å². The van der Waals surface area contributed by atoms with Gasteiger partial charge in [-0.2, -0.15) is 0 Å². The summed E-state index contributed by atoms with van der Waals surface area (Å²) < 4.78 is 32.6. The molecule has 0 bridgehead atoms. The zero-order valence-corrected chi connectivity index (χ0v) is 24.0. The lowest BCUT2D eigenvalue weighted by molar-refractivity contribution is -0.119. The largest absolute Gasteiger partial charge is 0.495 e. The number of ether oxygens (including phenoxy) is 6. The molecule has 1 aliphatic rings. The van der Waals surface area contributed by atoms with E-state index in [1.54, 1.807) is 49.5 Å². The van der Waals surface area contributed by atoms with Crippen LogP contribution < -0.4 is 33.7 Å². The van der Waals surface area contributed by atoms with E-state index in [0.717, 1.165) is 0 Å². The topological polar surface area (TPSA) is 105 Å². The first-order valence-electron chi connectivity index (χ1n) is 12.2. The summed E-state index contributed by atoms with van der Waals surface area (Å²) in [6, 6.07) is 10.9. The lowest BCUT2D eigenvalue weighted by Gasteiger charge is -2.40. The Bertz CT molecular complexity index is 1440. The van der Waals surface area contributed by atoms with E-state index in [4.69, 9.17) is 40.0 Å². The van der Waals surface area contributed by atoms with Gasteiger partial charge in [0.15, 0.2) is 23.0 Å². The van der Waals surface area contributed by atoms with Crippen molar-refractivity contribution in [1.82, 2.24) is 4.90 Å². The van der Waals surface area contributed by atoms with E-state index in [2.05, 4.69) is 5.32 Å². The number of hydrogen-bond donors (Lipinski definition) is 1. The molecular weight excluding hydrogens is 540 g/mol. The van der Waals surface area contributed by atoms with Gasteiger partial charge < -0.3 is 38.6 Å². The minimum atomic E-state index is -0.888. The summed E-state index contributed by atoms with van der Waals surface area (Å²) in [5.74, 6) is 0.888. The maximum absolute atomic E-state index is 14.2. The van der Waals surface area contributed by atoms with Gasteiger partial charge in [0.2, 0.25) is 5.91 Å². The molecule has 1 aliphatic heterocycles. The van der Waals surface area contributed by atoms with E-state index >= 15 is 0 Å². The van der Waals surface area contributed by atoms with Crippen molar-refractivity contribution in [2.24, 2.45) is 0 Å². The molecule has 1 N–H and O–H groups in total. The van der Waals surface area contributed by atoms with Crippen LogP contribution in [0.3, 0.4) is 0 Å². The molecular formula is C29H31ClN2O8. The first-order valence-corrected chi connectivity index (χ1v) is 12.6. The van der Waals surface area contributed by atoms with E-state index < -0.39 is 17.9 Å². The summed E-state index contributed by atoms with van der Waals surface area (Å²) in [4.78, 5) is 29.4. The number of fused-ring (bicyclic) bond motifs is 1. The van der Waals surface area contributed by atoms with E-state index in [9.17, 15) is 9.59 Å². The highest BCUT2D eigenvalue weighted by atomic mass is 35.5. The second-order valence-corrected chi connectivity index (χ2v) is 9.33. The zero-order chi connectivity index (χ0) is 29.1. The van der Waals surface area contributed by atoms with E-state index in [0.29, 0.717) is 56.9 Å². The molecule has 0 aromatic heterocycles. The lowest BCUT2D eigenvalue weighted by Crippen LogP contribution is -2.44. The standard InChI is InChI=1S/C29H31ClN2O8/c1-32-27(15-8-9-20(35-2)23(10-15)38-5)26(16-11-24(39-6)25(40-7)12-17(16)29(32)34)28(33)31-19-13-18(30)21(36-3)14-22(19)37-4/h8-14,26-27H,1-7H3,(H,31,33)/t26-,27+/m0/s1. The highest BCUT2D eigenvalue weighted by Gasteiger charge is 2.44. The van der Waals surface area contributed by atoms with Crippen molar-refractivity contribution in [3.63, 3.8) is 0 Å². The fourth-order valence-corrected chi connectivity index (χ4v) is 5.19. The van der Waals surface area contributed by atoms with E-state index in [1.165, 1.54) is 47.6 Å². The first-order chi connectivity index (χ1) is 19.2. The third-order valence-corrected chi connectivity index (χ3v) is 7.23. The number of rotatable bonds is 9. The average molecular weight is 571 g/mol. The van der Waals surface area contributed by atoms with Crippen molar-refractivity contribution in [2.75, 3.05) is 55.0 Å². The second kappa shape index (κ2) is 11.8. The SMILES string of the molecule is COc1cc(OC)c(NC(=O)[C@H]2c3cc(OC)c(OC)cc3C(=O)N(C)[C@@H]2c2ccc(OC)c(OC)c2)cc1Cl. The second-order valence-electron chi connectivity index (χ2n) is 8.92. The number of anilines is 1. The molecule has 3 aromatic carbocycles. The Kier molecular flexibility index (Phi) is 8.49. The van der Waals surface area contributed by atoms with Gasteiger partial charge in [-0.1, -0.05) is 17.7 Å². The summed E-state index contributed by atoms with van der Waals surface area (Å²) in [6.07, 6.45) is 0. The number of hydrogen-bond acceptors (Lipinski definition) is 8. The molecule has 2 amide bonds. The van der Waals surface area contributed by atoms with Crippen molar-refractivity contribution in [3.05, 3.63) is 64.2 Å². The van der Waals surface area contributed by atoms with Gasteiger partial charge in [-0.05, 0) is 41.5 Å². The summed E-state index contributed by atoms with van der Waals surface area (Å²) in [7, 11) is 10.6. The quantitative estimate of drug-likeness (QED) is 0.386. The Labute approximate surface area is 237 Å². The molecule has 0 saturated heterocycles. The van der Waals surface area contributed by atoms with Crippen LogP contribution >= 0.6 is 11.6 Å². The van der Waals surface area contributed by atoms with Crippen molar-refractivity contribution in [2.45, 2.75) is 12.0 Å². The number of nitrogens with zero attached hydrogens (tertiary/aromatic N) is 1. The summed E-state index contributed by atoms with van der Waals surface area (Å²) in [5.41, 5.74) is 1.79. The number of methoxy groups -OCH3 is 6.